The van der Waals surface area contributed by atoms with Gasteiger partial charge in [0.25, 0.3) is 5.56 Å². The minimum Gasteiger partial charge on any atom is -0.324 e. The van der Waals surface area contributed by atoms with Gasteiger partial charge in [-0.2, -0.15) is 0 Å². The Hall–Kier alpha value is -2.40. The lowest BCUT2D eigenvalue weighted by atomic mass is 10.1. The number of nitrogens with one attached hydrogen (secondary N) is 1. The Balaban J connectivity index is 1.91. The van der Waals surface area contributed by atoms with E-state index in [9.17, 15) is 9.59 Å². The predicted octanol–water partition coefficient (Wildman–Crippen LogP) is 3.88. The standard InChI is InChI=1S/C18H18N2O2S/c1-11-8-9-12(2)15(10-11)19-17(21)13(3)20-18(22)14-6-4-5-7-16(14)23-20/h4-10,13H,1-3H3,(H,19,21)/t13-/m1/s1. The van der Waals surface area contributed by atoms with Crippen LogP contribution in [0.3, 0.4) is 0 Å². The molecule has 0 bridgehead atoms. The van der Waals surface area contributed by atoms with E-state index in [1.54, 1.807) is 13.0 Å². The van der Waals surface area contributed by atoms with Crippen molar-refractivity contribution in [3.63, 3.8) is 0 Å². The summed E-state index contributed by atoms with van der Waals surface area (Å²) in [7, 11) is 0. The third-order valence-electron chi connectivity index (χ3n) is 3.90. The van der Waals surface area contributed by atoms with Crippen LogP contribution in [0, 0.1) is 13.8 Å². The van der Waals surface area contributed by atoms with Gasteiger partial charge in [-0.1, -0.05) is 35.8 Å². The number of aryl methyl sites for hydroxylation is 2. The lowest BCUT2D eigenvalue weighted by Gasteiger charge is -2.14. The van der Waals surface area contributed by atoms with Gasteiger partial charge in [0.05, 0.1) is 10.1 Å². The van der Waals surface area contributed by atoms with Gasteiger partial charge in [-0.05, 0) is 50.1 Å². The molecule has 1 atom stereocenters. The highest BCUT2D eigenvalue weighted by atomic mass is 32.1. The number of fused-ring (bicyclic) bond motifs is 1. The molecule has 0 spiro atoms. The molecule has 0 saturated carbocycles. The van der Waals surface area contributed by atoms with Crippen LogP contribution in [-0.2, 0) is 4.79 Å². The molecule has 0 fully saturated rings. The van der Waals surface area contributed by atoms with Gasteiger partial charge in [0.1, 0.15) is 6.04 Å². The molecule has 1 N–H and O–H groups in total. The van der Waals surface area contributed by atoms with Crippen molar-refractivity contribution in [3.8, 4) is 0 Å². The largest absolute Gasteiger partial charge is 0.324 e. The number of hydrogen-bond acceptors (Lipinski definition) is 3. The molecule has 1 amide bonds. The van der Waals surface area contributed by atoms with Crippen LogP contribution in [0.25, 0.3) is 10.1 Å². The molecule has 5 heteroatoms. The van der Waals surface area contributed by atoms with E-state index in [1.165, 1.54) is 15.5 Å². The number of aromatic nitrogens is 1. The van der Waals surface area contributed by atoms with E-state index in [0.29, 0.717) is 5.39 Å². The fraction of sp³-hybridized carbons (Fsp3) is 0.222. The Bertz CT molecular complexity index is 940. The average molecular weight is 326 g/mol. The molecule has 0 radical (unpaired) electrons. The van der Waals surface area contributed by atoms with Gasteiger partial charge >= 0.3 is 0 Å². The number of nitrogens with zero attached hydrogens (tertiary/aromatic N) is 1. The van der Waals surface area contributed by atoms with E-state index in [1.807, 2.05) is 50.2 Å². The highest BCUT2D eigenvalue weighted by Gasteiger charge is 2.20. The van der Waals surface area contributed by atoms with Crippen LogP contribution in [0.1, 0.15) is 24.1 Å². The minimum absolute atomic E-state index is 0.116. The normalized spacial score (nSPS) is 12.3. The van der Waals surface area contributed by atoms with Crippen molar-refractivity contribution in [2.24, 2.45) is 0 Å². The first-order valence-electron chi connectivity index (χ1n) is 7.46. The maximum Gasteiger partial charge on any atom is 0.269 e. The fourth-order valence-corrected chi connectivity index (χ4v) is 3.50. The van der Waals surface area contributed by atoms with Gasteiger partial charge in [-0.15, -0.1) is 0 Å². The average Bonchev–Trinajstić information content (AvgIpc) is 2.87. The molecule has 3 rings (SSSR count). The number of anilines is 1. The molecule has 118 valence electrons. The lowest BCUT2D eigenvalue weighted by Crippen LogP contribution is -2.28. The van der Waals surface area contributed by atoms with Crippen molar-refractivity contribution in [1.82, 2.24) is 3.96 Å². The van der Waals surface area contributed by atoms with Gasteiger partial charge in [0.2, 0.25) is 5.91 Å². The number of rotatable bonds is 3. The molecule has 1 aromatic heterocycles. The summed E-state index contributed by atoms with van der Waals surface area (Å²) in [6, 6.07) is 12.8. The first kappa shape index (κ1) is 15.5. The molecule has 3 aromatic rings. The second-order valence-corrected chi connectivity index (χ2v) is 6.72. The molecular weight excluding hydrogens is 308 g/mol. The summed E-state index contributed by atoms with van der Waals surface area (Å²) < 4.78 is 2.43. The SMILES string of the molecule is Cc1ccc(C)c(NC(=O)[C@@H](C)n2sc3ccccc3c2=O)c1. The zero-order chi connectivity index (χ0) is 16.6. The number of benzene rings is 2. The summed E-state index contributed by atoms with van der Waals surface area (Å²) in [6.07, 6.45) is 0. The highest BCUT2D eigenvalue weighted by Crippen LogP contribution is 2.22. The number of amides is 1. The minimum atomic E-state index is -0.556. The summed E-state index contributed by atoms with van der Waals surface area (Å²) in [5, 5.41) is 3.59. The number of hydrogen-bond donors (Lipinski definition) is 1. The van der Waals surface area contributed by atoms with Gasteiger partial charge in [0, 0.05) is 5.69 Å². The lowest BCUT2D eigenvalue weighted by molar-refractivity contribution is -0.118. The van der Waals surface area contributed by atoms with Crippen LogP contribution in [-0.4, -0.2) is 9.86 Å². The van der Waals surface area contributed by atoms with E-state index in [4.69, 9.17) is 0 Å². The molecule has 1 heterocycles. The Morgan fingerprint density at radius 2 is 1.91 bits per heavy atom. The van der Waals surface area contributed by atoms with Crippen LogP contribution < -0.4 is 10.9 Å². The van der Waals surface area contributed by atoms with E-state index < -0.39 is 6.04 Å². The summed E-state index contributed by atoms with van der Waals surface area (Å²) in [6.45, 7) is 5.68. The maximum atomic E-state index is 12.5. The fourth-order valence-electron chi connectivity index (χ4n) is 2.46. The molecule has 0 aliphatic carbocycles. The monoisotopic (exact) mass is 326 g/mol. The van der Waals surface area contributed by atoms with Crippen molar-refractivity contribution in [2.75, 3.05) is 5.32 Å². The summed E-state index contributed by atoms with van der Waals surface area (Å²) in [4.78, 5) is 25.0. The van der Waals surface area contributed by atoms with Crippen LogP contribution in [0.15, 0.2) is 47.3 Å². The van der Waals surface area contributed by atoms with Crippen molar-refractivity contribution in [2.45, 2.75) is 26.8 Å². The second kappa shape index (κ2) is 6.01. The van der Waals surface area contributed by atoms with Crippen molar-refractivity contribution < 1.29 is 4.79 Å². The predicted molar refractivity (Wildman–Crippen MR) is 95.3 cm³/mol. The Labute approximate surface area is 138 Å². The van der Waals surface area contributed by atoms with Crippen LogP contribution in [0.5, 0.6) is 0 Å². The van der Waals surface area contributed by atoms with E-state index in [0.717, 1.165) is 21.5 Å². The molecule has 0 aliphatic rings. The van der Waals surface area contributed by atoms with Gasteiger partial charge < -0.3 is 5.32 Å². The Kier molecular flexibility index (Phi) is 4.05. The molecule has 2 aromatic carbocycles. The van der Waals surface area contributed by atoms with Crippen molar-refractivity contribution in [1.29, 1.82) is 0 Å². The van der Waals surface area contributed by atoms with Gasteiger partial charge in [-0.25, -0.2) is 0 Å². The van der Waals surface area contributed by atoms with Gasteiger partial charge in [-0.3, -0.25) is 13.5 Å². The topological polar surface area (TPSA) is 51.1 Å². The van der Waals surface area contributed by atoms with Crippen molar-refractivity contribution >= 4 is 33.2 Å². The molecule has 0 unspecified atom stereocenters. The smallest absolute Gasteiger partial charge is 0.269 e. The van der Waals surface area contributed by atoms with Crippen LogP contribution in [0.4, 0.5) is 5.69 Å². The van der Waals surface area contributed by atoms with Crippen molar-refractivity contribution in [3.05, 3.63) is 63.9 Å². The molecule has 0 aliphatic heterocycles. The summed E-state index contributed by atoms with van der Waals surface area (Å²) in [5.41, 5.74) is 2.75. The van der Waals surface area contributed by atoms with Gasteiger partial charge in [0.15, 0.2) is 0 Å². The zero-order valence-corrected chi connectivity index (χ0v) is 14.1. The maximum absolute atomic E-state index is 12.5. The van der Waals surface area contributed by atoms with E-state index >= 15 is 0 Å². The van der Waals surface area contributed by atoms with Crippen LogP contribution in [0.2, 0.25) is 0 Å². The molecule has 4 nitrogen and oxygen atoms in total. The summed E-state index contributed by atoms with van der Waals surface area (Å²) in [5.74, 6) is -0.188. The molecule has 0 saturated heterocycles. The summed E-state index contributed by atoms with van der Waals surface area (Å²) >= 11 is 1.32. The Morgan fingerprint density at radius 3 is 2.65 bits per heavy atom. The second-order valence-electron chi connectivity index (χ2n) is 5.70. The third kappa shape index (κ3) is 2.92. The third-order valence-corrected chi connectivity index (χ3v) is 5.13. The first-order chi connectivity index (χ1) is 11.0. The Morgan fingerprint density at radius 1 is 1.17 bits per heavy atom. The number of carbonyl (C=O) groups is 1. The van der Waals surface area contributed by atoms with E-state index in [2.05, 4.69) is 5.32 Å². The molecule has 23 heavy (non-hydrogen) atoms. The number of carbonyl (C=O) groups excluding carboxylic acids is 1. The zero-order valence-electron chi connectivity index (χ0n) is 13.3. The van der Waals surface area contributed by atoms with Crippen LogP contribution >= 0.6 is 11.5 Å². The first-order valence-corrected chi connectivity index (χ1v) is 8.23. The van der Waals surface area contributed by atoms with E-state index in [-0.39, 0.29) is 11.5 Å². The molecular formula is C18H18N2O2S. The quantitative estimate of drug-likeness (QED) is 0.794. The highest BCUT2D eigenvalue weighted by molar-refractivity contribution is 7.14.